The molecule has 2 rings (SSSR count). The van der Waals surface area contributed by atoms with Gasteiger partial charge in [0.1, 0.15) is 11.9 Å². The van der Waals surface area contributed by atoms with E-state index in [4.69, 9.17) is 4.74 Å². The number of ether oxygens (including phenoxy) is 1. The minimum atomic E-state index is -0.224. The van der Waals surface area contributed by atoms with Crippen LogP contribution in [-0.2, 0) is 6.42 Å². The molecule has 19 heavy (non-hydrogen) atoms. The minimum absolute atomic E-state index is 0.0173. The van der Waals surface area contributed by atoms with Gasteiger partial charge in [0.05, 0.1) is 6.10 Å². The van der Waals surface area contributed by atoms with E-state index < -0.39 is 0 Å². The van der Waals surface area contributed by atoms with Crippen molar-refractivity contribution in [2.75, 3.05) is 0 Å². The van der Waals surface area contributed by atoms with E-state index in [0.717, 1.165) is 31.4 Å². The van der Waals surface area contributed by atoms with Gasteiger partial charge in [0.15, 0.2) is 0 Å². The van der Waals surface area contributed by atoms with Crippen LogP contribution >= 0.6 is 0 Å². The maximum atomic E-state index is 10.0. The lowest BCUT2D eigenvalue weighted by Crippen LogP contribution is -2.26. The zero-order chi connectivity index (χ0) is 14.0. The number of aliphatic hydroxyl groups is 1. The van der Waals surface area contributed by atoms with E-state index in [1.807, 2.05) is 0 Å². The third kappa shape index (κ3) is 3.73. The summed E-state index contributed by atoms with van der Waals surface area (Å²) in [7, 11) is 0. The molecule has 0 amide bonds. The maximum absolute atomic E-state index is 10.0. The van der Waals surface area contributed by atoms with Crippen LogP contribution in [-0.4, -0.2) is 17.3 Å². The van der Waals surface area contributed by atoms with Crippen LogP contribution in [0.25, 0.3) is 0 Å². The monoisotopic (exact) mass is 262 g/mol. The lowest BCUT2D eigenvalue weighted by atomic mass is 9.86. The highest BCUT2D eigenvalue weighted by Gasteiger charge is 2.25. The van der Waals surface area contributed by atoms with Crippen LogP contribution < -0.4 is 4.74 Å². The van der Waals surface area contributed by atoms with Gasteiger partial charge in [0.2, 0.25) is 0 Å². The molecule has 1 aliphatic rings. The van der Waals surface area contributed by atoms with Crippen molar-refractivity contribution in [2.45, 2.75) is 65.6 Å². The summed E-state index contributed by atoms with van der Waals surface area (Å²) in [4.78, 5) is 0. The highest BCUT2D eigenvalue weighted by Crippen LogP contribution is 2.32. The molecule has 0 aromatic heterocycles. The van der Waals surface area contributed by atoms with Gasteiger partial charge in [-0.05, 0) is 43.2 Å². The Morgan fingerprint density at radius 2 is 2.11 bits per heavy atom. The van der Waals surface area contributed by atoms with E-state index in [0.29, 0.717) is 6.10 Å². The molecule has 1 N–H and O–H groups in total. The molecule has 2 heteroatoms. The Kier molecular flexibility index (Phi) is 4.19. The number of fused-ring (bicyclic) bond motifs is 1. The fraction of sp³-hybridized carbons (Fsp3) is 0.647. The molecule has 1 aromatic carbocycles. The van der Waals surface area contributed by atoms with Crippen molar-refractivity contribution in [3.05, 3.63) is 29.3 Å². The second kappa shape index (κ2) is 5.54. The molecule has 0 fully saturated rings. The Bertz CT molecular complexity index is 431. The van der Waals surface area contributed by atoms with Crippen molar-refractivity contribution in [2.24, 2.45) is 5.41 Å². The van der Waals surface area contributed by atoms with E-state index in [2.05, 4.69) is 45.9 Å². The Morgan fingerprint density at radius 1 is 1.37 bits per heavy atom. The van der Waals surface area contributed by atoms with Gasteiger partial charge >= 0.3 is 0 Å². The summed E-state index contributed by atoms with van der Waals surface area (Å²) in [6, 6.07) is 6.40. The predicted molar refractivity (Wildman–Crippen MR) is 78.6 cm³/mol. The largest absolute Gasteiger partial charge is 0.490 e. The Morgan fingerprint density at radius 3 is 2.79 bits per heavy atom. The molecule has 0 bridgehead atoms. The Labute approximate surface area is 116 Å². The summed E-state index contributed by atoms with van der Waals surface area (Å²) in [6.45, 7) is 8.38. The van der Waals surface area contributed by atoms with Crippen LogP contribution in [0.4, 0.5) is 0 Å². The first-order chi connectivity index (χ1) is 8.86. The molecule has 106 valence electrons. The number of aliphatic hydroxyl groups excluding tert-OH is 1. The Hall–Kier alpha value is -1.02. The lowest BCUT2D eigenvalue weighted by Gasteiger charge is -2.26. The molecule has 0 radical (unpaired) electrons. The molecule has 2 nitrogen and oxygen atoms in total. The van der Waals surface area contributed by atoms with Crippen molar-refractivity contribution < 1.29 is 9.84 Å². The quantitative estimate of drug-likeness (QED) is 0.892. The third-order valence-corrected chi connectivity index (χ3v) is 3.96. The van der Waals surface area contributed by atoms with Gasteiger partial charge in [-0.3, -0.25) is 0 Å². The fourth-order valence-electron chi connectivity index (χ4n) is 2.58. The van der Waals surface area contributed by atoms with Gasteiger partial charge in [-0.15, -0.1) is 0 Å². The molecule has 0 saturated carbocycles. The molecule has 1 aromatic rings. The van der Waals surface area contributed by atoms with Crippen LogP contribution in [0.15, 0.2) is 18.2 Å². The van der Waals surface area contributed by atoms with Gasteiger partial charge < -0.3 is 9.84 Å². The van der Waals surface area contributed by atoms with Gasteiger partial charge in [0.25, 0.3) is 0 Å². The number of aryl methyl sites for hydroxylation is 1. The zero-order valence-electron chi connectivity index (χ0n) is 12.6. The van der Waals surface area contributed by atoms with Crippen molar-refractivity contribution in [1.29, 1.82) is 0 Å². The highest BCUT2D eigenvalue weighted by molar-refractivity contribution is 5.40. The smallest absolute Gasteiger partial charge is 0.123 e. The average Bonchev–Trinajstić information content (AvgIpc) is 2.69. The fourth-order valence-corrected chi connectivity index (χ4v) is 2.58. The van der Waals surface area contributed by atoms with Gasteiger partial charge in [-0.25, -0.2) is 0 Å². The van der Waals surface area contributed by atoms with Crippen molar-refractivity contribution in [3.63, 3.8) is 0 Å². The maximum Gasteiger partial charge on any atom is 0.123 e. The van der Waals surface area contributed by atoms with Gasteiger partial charge in [-0.1, -0.05) is 38.5 Å². The third-order valence-electron chi connectivity index (χ3n) is 3.96. The van der Waals surface area contributed by atoms with E-state index in [-0.39, 0.29) is 11.5 Å². The van der Waals surface area contributed by atoms with Crippen LogP contribution in [0.1, 0.15) is 51.2 Å². The first kappa shape index (κ1) is 14.4. The average molecular weight is 262 g/mol. The number of hydrogen-bond donors (Lipinski definition) is 1. The first-order valence-electron chi connectivity index (χ1n) is 7.30. The summed E-state index contributed by atoms with van der Waals surface area (Å²) in [5, 5.41) is 10.0. The van der Waals surface area contributed by atoms with Crippen molar-refractivity contribution >= 4 is 0 Å². The molecular formula is C17H26O2. The zero-order valence-corrected chi connectivity index (χ0v) is 12.6. The molecule has 0 aliphatic carbocycles. The normalized spacial score (nSPS) is 19.9. The Balaban J connectivity index is 1.78. The summed E-state index contributed by atoms with van der Waals surface area (Å²) >= 11 is 0. The van der Waals surface area contributed by atoms with E-state index in [9.17, 15) is 5.11 Å². The van der Waals surface area contributed by atoms with Crippen molar-refractivity contribution in [1.82, 2.24) is 0 Å². The number of benzene rings is 1. The summed E-state index contributed by atoms with van der Waals surface area (Å²) < 4.78 is 5.95. The van der Waals surface area contributed by atoms with Gasteiger partial charge in [-0.2, -0.15) is 0 Å². The number of hydrogen-bond acceptors (Lipinski definition) is 2. The second-order valence-corrected chi connectivity index (χ2v) is 6.87. The predicted octanol–water partition coefficient (Wildman–Crippen LogP) is 3.88. The van der Waals surface area contributed by atoms with Crippen molar-refractivity contribution in [3.8, 4) is 5.75 Å². The molecule has 1 heterocycles. The van der Waals surface area contributed by atoms with Crippen LogP contribution in [0.5, 0.6) is 5.75 Å². The molecule has 0 spiro atoms. The minimum Gasteiger partial charge on any atom is -0.490 e. The lowest BCUT2D eigenvalue weighted by molar-refractivity contribution is 0.0508. The highest BCUT2D eigenvalue weighted by atomic mass is 16.5. The van der Waals surface area contributed by atoms with E-state index >= 15 is 0 Å². The summed E-state index contributed by atoms with van der Waals surface area (Å²) in [5.74, 6) is 1.05. The SMILES string of the molecule is Cc1ccc2c(c1)CC(CCCC(O)C(C)(C)C)O2. The molecular weight excluding hydrogens is 236 g/mol. The summed E-state index contributed by atoms with van der Waals surface area (Å²) in [6.07, 6.45) is 4.00. The van der Waals surface area contributed by atoms with Crippen LogP contribution in [0.2, 0.25) is 0 Å². The van der Waals surface area contributed by atoms with Crippen LogP contribution in [0, 0.1) is 12.3 Å². The number of rotatable bonds is 4. The molecule has 2 unspecified atom stereocenters. The topological polar surface area (TPSA) is 29.5 Å². The molecule has 0 saturated heterocycles. The standard InChI is InChI=1S/C17H26O2/c1-12-8-9-15-13(10-12)11-14(19-15)6-5-7-16(18)17(2,3)4/h8-10,14,16,18H,5-7,11H2,1-4H3. The molecule has 1 aliphatic heterocycles. The first-order valence-corrected chi connectivity index (χ1v) is 7.30. The van der Waals surface area contributed by atoms with Gasteiger partial charge in [0, 0.05) is 6.42 Å². The van der Waals surface area contributed by atoms with E-state index in [1.54, 1.807) is 0 Å². The van der Waals surface area contributed by atoms with E-state index in [1.165, 1.54) is 11.1 Å². The molecule has 2 atom stereocenters. The second-order valence-electron chi connectivity index (χ2n) is 6.87. The summed E-state index contributed by atoms with van der Waals surface area (Å²) in [5.41, 5.74) is 2.61. The van der Waals surface area contributed by atoms with Crippen LogP contribution in [0.3, 0.4) is 0 Å².